The molecular formula is C28H25ClN8OS. The largest absolute Gasteiger partial charge is 0.374 e. The minimum Gasteiger partial charge on any atom is -0.374 e. The number of halogens is 1. The van der Waals surface area contributed by atoms with E-state index in [-0.39, 0.29) is 5.92 Å². The Labute approximate surface area is 232 Å². The number of fused-ring (bicyclic) bond motifs is 2. The van der Waals surface area contributed by atoms with E-state index < -0.39 is 6.23 Å². The molecule has 6 heterocycles. The van der Waals surface area contributed by atoms with Gasteiger partial charge >= 0.3 is 0 Å². The van der Waals surface area contributed by atoms with Crippen molar-refractivity contribution in [2.75, 3.05) is 5.32 Å². The molecule has 9 nitrogen and oxygen atoms in total. The van der Waals surface area contributed by atoms with Gasteiger partial charge in [0.25, 0.3) is 0 Å². The van der Waals surface area contributed by atoms with Gasteiger partial charge in [-0.15, -0.1) is 11.3 Å². The van der Waals surface area contributed by atoms with Crippen molar-refractivity contribution in [2.45, 2.75) is 38.3 Å². The third-order valence-electron chi connectivity index (χ3n) is 7.28. The van der Waals surface area contributed by atoms with E-state index in [2.05, 4.69) is 30.5 Å². The summed E-state index contributed by atoms with van der Waals surface area (Å²) in [6, 6.07) is 11.6. The molecule has 0 saturated heterocycles. The first kappa shape index (κ1) is 24.2. The Morgan fingerprint density at radius 2 is 1.85 bits per heavy atom. The maximum Gasteiger partial charge on any atom is 0.161 e. The van der Waals surface area contributed by atoms with Gasteiger partial charge < -0.3 is 15.4 Å². The average molecular weight is 557 g/mol. The number of thiophene rings is 1. The molecule has 6 aromatic heterocycles. The van der Waals surface area contributed by atoms with Crippen molar-refractivity contribution in [3.05, 3.63) is 59.3 Å². The van der Waals surface area contributed by atoms with Crippen LogP contribution in [0.1, 0.15) is 32.1 Å². The fraction of sp³-hybridized carbons (Fsp3) is 0.250. The normalized spacial score (nSPS) is 15.2. The SMILES string of the molecule is OC(Nc1cncc(-c2ccc3[nH]nc(-c4nc5c(-c6ccc(Cl)s6)nccc5[nH]4)c3n2)c1)C1CCCCC1. The second-order valence-corrected chi connectivity index (χ2v) is 11.6. The standard InChI is InChI=1S/C28H25ClN8OS/c29-22-9-8-21(39-22)25-23-19(10-11-31-25)34-27(35-23)26-24-20(36-37-26)7-6-18(33-24)16-12-17(14-30-13-16)32-28(38)15-4-2-1-3-5-15/h6-15,28,32,38H,1-5H2,(H,34,35)(H,36,37). The van der Waals surface area contributed by atoms with Crippen LogP contribution in [0.15, 0.2) is 55.0 Å². The number of hydrogen-bond acceptors (Lipinski definition) is 8. The van der Waals surface area contributed by atoms with Crippen molar-refractivity contribution in [1.29, 1.82) is 0 Å². The van der Waals surface area contributed by atoms with Crippen LogP contribution in [-0.2, 0) is 0 Å². The highest BCUT2D eigenvalue weighted by Gasteiger charge is 2.22. The predicted molar refractivity (Wildman–Crippen MR) is 155 cm³/mol. The van der Waals surface area contributed by atoms with Gasteiger partial charge in [-0.3, -0.25) is 15.1 Å². The van der Waals surface area contributed by atoms with Crippen LogP contribution >= 0.6 is 22.9 Å². The van der Waals surface area contributed by atoms with E-state index in [1.807, 2.05) is 36.4 Å². The summed E-state index contributed by atoms with van der Waals surface area (Å²) in [4.78, 5) is 23.1. The van der Waals surface area contributed by atoms with Gasteiger partial charge in [0.1, 0.15) is 23.0 Å². The molecule has 1 aliphatic rings. The molecule has 39 heavy (non-hydrogen) atoms. The molecule has 0 radical (unpaired) electrons. The second kappa shape index (κ2) is 10.0. The van der Waals surface area contributed by atoms with Crippen LogP contribution in [0.4, 0.5) is 5.69 Å². The fourth-order valence-corrected chi connectivity index (χ4v) is 6.33. The van der Waals surface area contributed by atoms with Crippen LogP contribution in [0.3, 0.4) is 0 Å². The Morgan fingerprint density at radius 3 is 2.69 bits per heavy atom. The maximum absolute atomic E-state index is 10.7. The van der Waals surface area contributed by atoms with E-state index >= 15 is 0 Å². The quantitative estimate of drug-likeness (QED) is 0.169. The van der Waals surface area contributed by atoms with E-state index in [9.17, 15) is 5.11 Å². The first-order valence-corrected chi connectivity index (χ1v) is 14.2. The minimum atomic E-state index is -0.587. The Morgan fingerprint density at radius 1 is 0.974 bits per heavy atom. The molecule has 7 rings (SSSR count). The van der Waals surface area contributed by atoms with Crippen LogP contribution in [0.2, 0.25) is 4.34 Å². The number of imidazole rings is 1. The zero-order chi connectivity index (χ0) is 26.3. The number of aromatic nitrogens is 7. The van der Waals surface area contributed by atoms with Crippen molar-refractivity contribution in [2.24, 2.45) is 5.92 Å². The van der Waals surface area contributed by atoms with Crippen LogP contribution in [-0.4, -0.2) is 46.5 Å². The number of H-pyrrole nitrogens is 2. The molecular weight excluding hydrogens is 532 g/mol. The third kappa shape index (κ3) is 4.64. The van der Waals surface area contributed by atoms with Gasteiger partial charge in [0.05, 0.1) is 37.8 Å². The van der Waals surface area contributed by atoms with Crippen molar-refractivity contribution in [3.8, 4) is 33.3 Å². The average Bonchev–Trinajstić information content (AvgIpc) is 3.71. The van der Waals surface area contributed by atoms with E-state index in [1.165, 1.54) is 30.6 Å². The summed E-state index contributed by atoms with van der Waals surface area (Å²) < 4.78 is 0.701. The second-order valence-electron chi connectivity index (χ2n) is 9.86. The lowest BCUT2D eigenvalue weighted by Crippen LogP contribution is -2.30. The van der Waals surface area contributed by atoms with Crippen LogP contribution in [0.5, 0.6) is 0 Å². The molecule has 4 N–H and O–H groups in total. The van der Waals surface area contributed by atoms with Gasteiger partial charge in [-0.25, -0.2) is 9.97 Å². The monoisotopic (exact) mass is 556 g/mol. The number of aliphatic hydroxyl groups excluding tert-OH is 1. The Kier molecular flexibility index (Phi) is 6.22. The Hall–Kier alpha value is -3.86. The molecule has 1 aliphatic carbocycles. The first-order chi connectivity index (χ1) is 19.1. The van der Waals surface area contributed by atoms with Crippen LogP contribution in [0.25, 0.3) is 55.4 Å². The third-order valence-corrected chi connectivity index (χ3v) is 8.52. The zero-order valence-corrected chi connectivity index (χ0v) is 22.4. The van der Waals surface area contributed by atoms with Gasteiger partial charge in [0.2, 0.25) is 0 Å². The predicted octanol–water partition coefficient (Wildman–Crippen LogP) is 6.65. The number of aliphatic hydroxyl groups is 1. The number of nitrogens with zero attached hydrogens (tertiary/aromatic N) is 5. The smallest absolute Gasteiger partial charge is 0.161 e. The van der Waals surface area contributed by atoms with Crippen molar-refractivity contribution in [3.63, 3.8) is 0 Å². The van der Waals surface area contributed by atoms with E-state index in [0.717, 1.165) is 56.9 Å². The number of nitrogens with one attached hydrogen (secondary N) is 3. The molecule has 0 bridgehead atoms. The zero-order valence-electron chi connectivity index (χ0n) is 20.9. The number of rotatable bonds is 6. The van der Waals surface area contributed by atoms with Crippen molar-refractivity contribution in [1.82, 2.24) is 35.1 Å². The molecule has 0 spiro atoms. The molecule has 196 valence electrons. The summed E-state index contributed by atoms with van der Waals surface area (Å²) in [5.41, 5.74) is 6.85. The van der Waals surface area contributed by atoms with Gasteiger partial charge in [0, 0.05) is 23.9 Å². The van der Waals surface area contributed by atoms with Crippen molar-refractivity contribution >= 4 is 50.7 Å². The van der Waals surface area contributed by atoms with Crippen molar-refractivity contribution < 1.29 is 5.11 Å². The maximum atomic E-state index is 10.7. The number of anilines is 1. The summed E-state index contributed by atoms with van der Waals surface area (Å²) in [6.45, 7) is 0. The lowest BCUT2D eigenvalue weighted by molar-refractivity contribution is 0.109. The summed E-state index contributed by atoms with van der Waals surface area (Å²) in [5.74, 6) is 0.864. The number of pyridine rings is 3. The first-order valence-electron chi connectivity index (χ1n) is 13.0. The molecule has 0 aliphatic heterocycles. The summed E-state index contributed by atoms with van der Waals surface area (Å²) >= 11 is 7.63. The summed E-state index contributed by atoms with van der Waals surface area (Å²) in [7, 11) is 0. The fourth-order valence-electron chi connectivity index (χ4n) is 5.29. The van der Waals surface area contributed by atoms with E-state index in [4.69, 9.17) is 21.6 Å². The highest BCUT2D eigenvalue weighted by atomic mass is 35.5. The van der Waals surface area contributed by atoms with Gasteiger partial charge in [-0.2, -0.15) is 5.10 Å². The molecule has 1 atom stereocenters. The van der Waals surface area contributed by atoms with E-state index in [0.29, 0.717) is 21.4 Å². The number of hydrogen-bond donors (Lipinski definition) is 4. The molecule has 1 fully saturated rings. The molecule has 6 aromatic rings. The summed E-state index contributed by atoms with van der Waals surface area (Å²) in [5, 5.41) is 21.6. The summed E-state index contributed by atoms with van der Waals surface area (Å²) in [6.07, 6.45) is 10.4. The lowest BCUT2D eigenvalue weighted by atomic mass is 9.88. The minimum absolute atomic E-state index is 0.265. The molecule has 0 aromatic carbocycles. The molecule has 1 unspecified atom stereocenters. The Bertz CT molecular complexity index is 1790. The molecule has 0 amide bonds. The Balaban J connectivity index is 1.22. The lowest BCUT2D eigenvalue weighted by Gasteiger charge is -2.27. The van der Waals surface area contributed by atoms with Gasteiger partial charge in [-0.05, 0) is 49.2 Å². The van der Waals surface area contributed by atoms with Crippen LogP contribution < -0.4 is 5.32 Å². The van der Waals surface area contributed by atoms with Gasteiger partial charge in [-0.1, -0.05) is 30.9 Å². The molecule has 1 saturated carbocycles. The number of aromatic amines is 2. The van der Waals surface area contributed by atoms with Crippen LogP contribution in [0, 0.1) is 5.92 Å². The highest BCUT2D eigenvalue weighted by molar-refractivity contribution is 7.19. The van der Waals surface area contributed by atoms with E-state index in [1.54, 1.807) is 18.6 Å². The topological polar surface area (TPSA) is 128 Å². The van der Waals surface area contributed by atoms with Gasteiger partial charge in [0.15, 0.2) is 11.5 Å². The molecule has 11 heteroatoms. The highest BCUT2D eigenvalue weighted by Crippen LogP contribution is 2.35.